The molecule has 0 unspecified atom stereocenters. The molecule has 72 valence electrons. The van der Waals surface area contributed by atoms with Gasteiger partial charge in [0, 0.05) is 0 Å². The van der Waals surface area contributed by atoms with Gasteiger partial charge in [0.15, 0.2) is 0 Å². The lowest BCUT2D eigenvalue weighted by Crippen LogP contribution is -2.47. The van der Waals surface area contributed by atoms with Crippen LogP contribution in [0.15, 0.2) is 5.18 Å². The molecular weight excluding hydrogens is 162 g/mol. The lowest BCUT2D eigenvalue weighted by Gasteiger charge is -2.56. The van der Waals surface area contributed by atoms with Gasteiger partial charge in [-0.15, -0.1) is 0 Å². The van der Waals surface area contributed by atoms with E-state index in [-0.39, 0.29) is 0 Å². The van der Waals surface area contributed by atoms with Gasteiger partial charge in [-0.3, -0.25) is 0 Å². The van der Waals surface area contributed by atoms with Crippen LogP contribution >= 0.6 is 0 Å². The Bertz CT molecular complexity index is 201. The first-order valence-corrected chi connectivity index (χ1v) is 5.59. The van der Waals surface area contributed by atoms with Gasteiger partial charge in [-0.2, -0.15) is 4.91 Å². The van der Waals surface area contributed by atoms with Gasteiger partial charge in [0.2, 0.25) is 0 Å². The summed E-state index contributed by atoms with van der Waals surface area (Å²) in [5, 5.41) is 3.18. The minimum absolute atomic E-state index is 0.372. The Hall–Kier alpha value is -0.400. The van der Waals surface area contributed by atoms with E-state index in [0.717, 1.165) is 17.8 Å². The quantitative estimate of drug-likeness (QED) is 0.599. The summed E-state index contributed by atoms with van der Waals surface area (Å²) in [6, 6.07) is 0. The van der Waals surface area contributed by atoms with E-state index in [0.29, 0.717) is 12.0 Å². The monoisotopic (exact) mass is 179 g/mol. The third kappa shape index (κ3) is 1.14. The van der Waals surface area contributed by atoms with Crippen molar-refractivity contribution in [3.8, 4) is 0 Å². The van der Waals surface area contributed by atoms with E-state index in [1.807, 2.05) is 0 Å². The van der Waals surface area contributed by atoms with Gasteiger partial charge in [0.05, 0.1) is 6.54 Å². The summed E-state index contributed by atoms with van der Waals surface area (Å²) in [4.78, 5) is 10.4. The van der Waals surface area contributed by atoms with Gasteiger partial charge < -0.3 is 0 Å². The second-order valence-electron chi connectivity index (χ2n) is 5.70. The second-order valence-corrected chi connectivity index (χ2v) is 5.70. The maximum absolute atomic E-state index is 10.4. The van der Waals surface area contributed by atoms with Crippen LogP contribution in [-0.2, 0) is 0 Å². The van der Waals surface area contributed by atoms with E-state index in [1.54, 1.807) is 0 Å². The second kappa shape index (κ2) is 2.55. The van der Waals surface area contributed by atoms with E-state index in [4.69, 9.17) is 0 Å². The molecule has 0 saturated heterocycles. The average molecular weight is 179 g/mol. The van der Waals surface area contributed by atoms with Gasteiger partial charge in [0.1, 0.15) is 0 Å². The standard InChI is InChI=1S/C11H17NO/c13-12-7-11-4-8-1-9(5-11)3-10(2-8)6-11/h8-10H,1-7H2. The molecule has 0 aromatic heterocycles. The number of nitrogens with zero attached hydrogens (tertiary/aromatic N) is 1. The predicted octanol–water partition coefficient (Wildman–Crippen LogP) is 2.97. The molecule has 2 heteroatoms. The third-order valence-electron chi connectivity index (χ3n) is 4.57. The van der Waals surface area contributed by atoms with E-state index >= 15 is 0 Å². The third-order valence-corrected chi connectivity index (χ3v) is 4.57. The van der Waals surface area contributed by atoms with Crippen molar-refractivity contribution >= 4 is 0 Å². The van der Waals surface area contributed by atoms with Crippen LogP contribution in [0, 0.1) is 28.1 Å². The molecule has 0 atom stereocenters. The molecule has 4 rings (SSSR count). The van der Waals surface area contributed by atoms with Gasteiger partial charge in [-0.05, 0) is 61.7 Å². The van der Waals surface area contributed by atoms with E-state index in [1.165, 1.54) is 38.5 Å². The molecule has 0 radical (unpaired) electrons. The molecular formula is C11H17NO. The van der Waals surface area contributed by atoms with E-state index in [9.17, 15) is 4.91 Å². The van der Waals surface area contributed by atoms with Crippen LogP contribution in [0.1, 0.15) is 38.5 Å². The van der Waals surface area contributed by atoms with E-state index in [2.05, 4.69) is 5.18 Å². The average Bonchev–Trinajstić information content (AvgIpc) is 2.00. The van der Waals surface area contributed by atoms with Crippen LogP contribution in [0.5, 0.6) is 0 Å². The number of hydrogen-bond donors (Lipinski definition) is 0. The summed E-state index contributed by atoms with van der Waals surface area (Å²) in [5.74, 6) is 2.86. The highest BCUT2D eigenvalue weighted by atomic mass is 16.3. The summed E-state index contributed by atoms with van der Waals surface area (Å²) in [5.41, 5.74) is 0.372. The van der Waals surface area contributed by atoms with Crippen molar-refractivity contribution in [1.82, 2.24) is 0 Å². The van der Waals surface area contributed by atoms with Crippen molar-refractivity contribution in [2.75, 3.05) is 6.54 Å². The molecule has 0 aromatic rings. The highest BCUT2D eigenvalue weighted by molar-refractivity contribution is 5.02. The first-order chi connectivity index (χ1) is 6.30. The van der Waals surface area contributed by atoms with Crippen molar-refractivity contribution < 1.29 is 0 Å². The topological polar surface area (TPSA) is 29.4 Å². The molecule has 0 amide bonds. The maximum Gasteiger partial charge on any atom is 0.0867 e. The predicted molar refractivity (Wildman–Crippen MR) is 51.3 cm³/mol. The number of hydrogen-bond acceptors (Lipinski definition) is 2. The van der Waals surface area contributed by atoms with Crippen LogP contribution in [0.25, 0.3) is 0 Å². The minimum atomic E-state index is 0.372. The lowest BCUT2D eigenvalue weighted by atomic mass is 9.49. The van der Waals surface area contributed by atoms with Crippen molar-refractivity contribution in [3.05, 3.63) is 4.91 Å². The van der Waals surface area contributed by atoms with Gasteiger partial charge in [0.25, 0.3) is 0 Å². The van der Waals surface area contributed by atoms with Gasteiger partial charge in [-0.1, -0.05) is 5.18 Å². The smallest absolute Gasteiger partial charge is 0.0867 e. The van der Waals surface area contributed by atoms with Crippen molar-refractivity contribution in [1.29, 1.82) is 0 Å². The van der Waals surface area contributed by atoms with Crippen molar-refractivity contribution in [2.24, 2.45) is 28.3 Å². The first-order valence-electron chi connectivity index (χ1n) is 5.59. The minimum Gasteiger partial charge on any atom is -0.151 e. The lowest BCUT2D eigenvalue weighted by molar-refractivity contribution is -0.0466. The zero-order valence-electron chi connectivity index (χ0n) is 8.04. The molecule has 0 heterocycles. The van der Waals surface area contributed by atoms with Gasteiger partial charge in [-0.25, -0.2) is 0 Å². The number of rotatable bonds is 2. The molecule has 0 spiro atoms. The molecule has 4 saturated carbocycles. The summed E-state index contributed by atoms with van der Waals surface area (Å²) >= 11 is 0. The summed E-state index contributed by atoms with van der Waals surface area (Å²) in [6.45, 7) is 0.608. The Kier molecular flexibility index (Phi) is 1.56. The fourth-order valence-electron chi connectivity index (χ4n) is 4.62. The first kappa shape index (κ1) is 7.95. The van der Waals surface area contributed by atoms with Crippen molar-refractivity contribution in [2.45, 2.75) is 38.5 Å². The summed E-state index contributed by atoms with van der Waals surface area (Å²) in [6.07, 6.45) is 8.30. The normalized spacial score (nSPS) is 52.5. The van der Waals surface area contributed by atoms with Crippen LogP contribution < -0.4 is 0 Å². The molecule has 4 aliphatic carbocycles. The molecule has 0 aliphatic heterocycles. The van der Waals surface area contributed by atoms with Crippen LogP contribution in [-0.4, -0.2) is 6.54 Å². The Labute approximate surface area is 79.1 Å². The van der Waals surface area contributed by atoms with Crippen LogP contribution in [0.3, 0.4) is 0 Å². The summed E-state index contributed by atoms with van der Waals surface area (Å²) < 4.78 is 0. The molecule has 2 nitrogen and oxygen atoms in total. The highest BCUT2D eigenvalue weighted by Crippen LogP contribution is 2.59. The molecule has 4 aliphatic rings. The number of nitroso groups, excluding NO2 is 1. The fourth-order valence-corrected chi connectivity index (χ4v) is 4.62. The van der Waals surface area contributed by atoms with Crippen LogP contribution in [0.4, 0.5) is 0 Å². The SMILES string of the molecule is O=NCC12CC3CC(CC(C3)C1)C2. The summed E-state index contributed by atoms with van der Waals surface area (Å²) in [7, 11) is 0. The van der Waals surface area contributed by atoms with E-state index < -0.39 is 0 Å². The maximum atomic E-state index is 10.4. The fraction of sp³-hybridized carbons (Fsp3) is 1.00. The molecule has 13 heavy (non-hydrogen) atoms. The molecule has 4 bridgehead atoms. The highest BCUT2D eigenvalue weighted by Gasteiger charge is 2.50. The molecule has 0 aromatic carbocycles. The largest absolute Gasteiger partial charge is 0.151 e. The zero-order chi connectivity index (χ0) is 8.89. The zero-order valence-corrected chi connectivity index (χ0v) is 8.04. The van der Waals surface area contributed by atoms with Crippen LogP contribution in [0.2, 0.25) is 0 Å². The molecule has 4 fully saturated rings. The Morgan fingerprint density at radius 3 is 1.85 bits per heavy atom. The Balaban J connectivity index is 1.87. The Morgan fingerprint density at radius 1 is 1.00 bits per heavy atom. The van der Waals surface area contributed by atoms with Crippen molar-refractivity contribution in [3.63, 3.8) is 0 Å². The Morgan fingerprint density at radius 2 is 1.46 bits per heavy atom. The van der Waals surface area contributed by atoms with Gasteiger partial charge >= 0.3 is 0 Å². The molecule has 0 N–H and O–H groups in total.